The van der Waals surface area contributed by atoms with Gasteiger partial charge < -0.3 is 9.84 Å². The van der Waals surface area contributed by atoms with Crippen molar-refractivity contribution in [3.8, 4) is 5.75 Å². The van der Waals surface area contributed by atoms with Crippen LogP contribution in [0.15, 0.2) is 59.5 Å². The molecule has 0 radical (unpaired) electrons. The lowest BCUT2D eigenvalue weighted by molar-refractivity contribution is -0.132. The molecule has 8 heteroatoms. The Morgan fingerprint density at radius 3 is 2.66 bits per heavy atom. The number of carbonyl (C=O) groups is 2. The number of halogens is 2. The third kappa shape index (κ3) is 3.18. The molecule has 0 aliphatic carbocycles. The van der Waals surface area contributed by atoms with Crippen LogP contribution in [-0.4, -0.2) is 22.9 Å². The van der Waals surface area contributed by atoms with Gasteiger partial charge in [0, 0.05) is 28.6 Å². The molecule has 1 saturated heterocycles. The zero-order valence-electron chi connectivity index (χ0n) is 16.8. The Morgan fingerprint density at radius 2 is 1.94 bits per heavy atom. The topological polar surface area (TPSA) is 66.8 Å². The summed E-state index contributed by atoms with van der Waals surface area (Å²) in [7, 11) is 0. The number of ether oxygens (including phenoxy) is 1. The van der Waals surface area contributed by atoms with Crippen molar-refractivity contribution in [1.29, 1.82) is 0 Å². The molecule has 1 amide bonds. The summed E-state index contributed by atoms with van der Waals surface area (Å²) >= 11 is 1.29. The van der Waals surface area contributed by atoms with Crippen LogP contribution in [0.25, 0.3) is 5.76 Å². The molecule has 1 aromatic heterocycles. The Morgan fingerprint density at radius 1 is 1.12 bits per heavy atom. The summed E-state index contributed by atoms with van der Waals surface area (Å²) in [5, 5.41) is 12.9. The van der Waals surface area contributed by atoms with E-state index >= 15 is 0 Å². The minimum Gasteiger partial charge on any atom is -0.507 e. The Balaban J connectivity index is 1.67. The van der Waals surface area contributed by atoms with E-state index in [-0.39, 0.29) is 23.1 Å². The molecule has 32 heavy (non-hydrogen) atoms. The van der Waals surface area contributed by atoms with Crippen LogP contribution < -0.4 is 9.64 Å². The minimum atomic E-state index is -1.14. The van der Waals surface area contributed by atoms with Crippen LogP contribution in [-0.2, 0) is 16.0 Å². The largest absolute Gasteiger partial charge is 0.507 e. The van der Waals surface area contributed by atoms with E-state index in [0.29, 0.717) is 22.6 Å². The van der Waals surface area contributed by atoms with Gasteiger partial charge in [0.15, 0.2) is 11.6 Å². The second kappa shape index (κ2) is 7.56. The Labute approximate surface area is 186 Å². The lowest BCUT2D eigenvalue weighted by Crippen LogP contribution is -2.29. The number of amides is 1. The molecule has 0 spiro atoms. The highest BCUT2D eigenvalue weighted by atomic mass is 32.1. The van der Waals surface area contributed by atoms with Gasteiger partial charge in [0.05, 0.1) is 5.57 Å². The van der Waals surface area contributed by atoms with E-state index in [0.717, 1.165) is 22.6 Å². The van der Waals surface area contributed by atoms with E-state index in [1.54, 1.807) is 35.7 Å². The van der Waals surface area contributed by atoms with Crippen molar-refractivity contribution in [3.05, 3.63) is 87.1 Å². The number of rotatable bonds is 3. The predicted molar refractivity (Wildman–Crippen MR) is 116 cm³/mol. The van der Waals surface area contributed by atoms with E-state index < -0.39 is 29.4 Å². The molecule has 3 heterocycles. The smallest absolute Gasteiger partial charge is 0.300 e. The van der Waals surface area contributed by atoms with Gasteiger partial charge in [0.1, 0.15) is 23.7 Å². The van der Waals surface area contributed by atoms with Gasteiger partial charge in [-0.05, 0) is 54.3 Å². The van der Waals surface area contributed by atoms with Gasteiger partial charge in [-0.2, -0.15) is 0 Å². The van der Waals surface area contributed by atoms with E-state index in [1.807, 2.05) is 6.92 Å². The SMILES string of the molecule is CC1Cc2cc(/C(O)=C3/C(=O)C(=O)N(c4ccc(F)c(F)c4)C3c3cccs3)ccc2O1. The molecular weight excluding hydrogens is 436 g/mol. The minimum absolute atomic E-state index is 0.00691. The highest BCUT2D eigenvalue weighted by Gasteiger charge is 2.47. The highest BCUT2D eigenvalue weighted by molar-refractivity contribution is 7.10. The van der Waals surface area contributed by atoms with Crippen molar-refractivity contribution >= 4 is 34.5 Å². The van der Waals surface area contributed by atoms with Gasteiger partial charge in [-0.15, -0.1) is 11.3 Å². The normalized spacial score (nSPS) is 21.7. The zero-order valence-corrected chi connectivity index (χ0v) is 17.7. The Hall–Kier alpha value is -3.52. The number of ketones is 1. The maximum atomic E-state index is 13.9. The molecule has 3 aromatic rings. The quantitative estimate of drug-likeness (QED) is 0.345. The predicted octanol–water partition coefficient (Wildman–Crippen LogP) is 4.98. The van der Waals surface area contributed by atoms with Gasteiger partial charge in [-0.3, -0.25) is 14.5 Å². The number of hydrogen-bond donors (Lipinski definition) is 1. The summed E-state index contributed by atoms with van der Waals surface area (Å²) in [4.78, 5) is 27.7. The second-order valence-corrected chi connectivity index (χ2v) is 8.72. The van der Waals surface area contributed by atoms with Crippen molar-refractivity contribution in [2.75, 3.05) is 4.90 Å². The van der Waals surface area contributed by atoms with E-state index in [9.17, 15) is 23.5 Å². The number of nitrogens with zero attached hydrogens (tertiary/aromatic N) is 1. The maximum absolute atomic E-state index is 13.9. The lowest BCUT2D eigenvalue weighted by Gasteiger charge is -2.24. The fourth-order valence-electron chi connectivity index (χ4n) is 4.17. The van der Waals surface area contributed by atoms with Crippen molar-refractivity contribution < 1.29 is 28.2 Å². The van der Waals surface area contributed by atoms with Gasteiger partial charge in [0.25, 0.3) is 11.7 Å². The molecule has 2 aromatic carbocycles. The van der Waals surface area contributed by atoms with Crippen molar-refractivity contribution in [1.82, 2.24) is 0 Å². The summed E-state index contributed by atoms with van der Waals surface area (Å²) in [6, 6.07) is 10.6. The Kier molecular flexibility index (Phi) is 4.82. The first kappa shape index (κ1) is 20.4. The monoisotopic (exact) mass is 453 g/mol. The molecule has 1 fully saturated rings. The highest BCUT2D eigenvalue weighted by Crippen LogP contribution is 2.44. The van der Waals surface area contributed by atoms with Crippen LogP contribution in [0.1, 0.15) is 29.0 Å². The van der Waals surface area contributed by atoms with Crippen LogP contribution in [0.3, 0.4) is 0 Å². The molecule has 2 aliphatic heterocycles. The summed E-state index contributed by atoms with van der Waals surface area (Å²) in [6.45, 7) is 1.93. The van der Waals surface area contributed by atoms with Crippen LogP contribution in [0.4, 0.5) is 14.5 Å². The number of anilines is 1. The number of hydrogen-bond acceptors (Lipinski definition) is 5. The third-order valence-corrected chi connectivity index (χ3v) is 6.53. The number of aliphatic hydroxyl groups is 1. The molecule has 1 N–H and O–H groups in total. The van der Waals surface area contributed by atoms with Crippen LogP contribution in [0.2, 0.25) is 0 Å². The fourth-order valence-corrected chi connectivity index (χ4v) is 5.00. The molecule has 0 bridgehead atoms. The average molecular weight is 453 g/mol. The first-order chi connectivity index (χ1) is 15.3. The van der Waals surface area contributed by atoms with Gasteiger partial charge in [-0.1, -0.05) is 6.07 Å². The molecule has 2 aliphatic rings. The van der Waals surface area contributed by atoms with Crippen molar-refractivity contribution in [2.24, 2.45) is 0 Å². The first-order valence-electron chi connectivity index (χ1n) is 9.94. The van der Waals surface area contributed by atoms with E-state index in [1.165, 1.54) is 17.4 Å². The number of fused-ring (bicyclic) bond motifs is 1. The molecule has 2 unspecified atom stereocenters. The third-order valence-electron chi connectivity index (χ3n) is 5.61. The molecule has 162 valence electrons. The van der Waals surface area contributed by atoms with Crippen molar-refractivity contribution in [3.63, 3.8) is 0 Å². The fraction of sp³-hybridized carbons (Fsp3) is 0.167. The van der Waals surface area contributed by atoms with E-state index in [4.69, 9.17) is 4.74 Å². The van der Waals surface area contributed by atoms with Crippen LogP contribution in [0, 0.1) is 11.6 Å². The molecular formula is C24H17F2NO4S. The average Bonchev–Trinajstić information content (AvgIpc) is 3.47. The van der Waals surface area contributed by atoms with E-state index in [2.05, 4.69) is 0 Å². The summed E-state index contributed by atoms with van der Waals surface area (Å²) in [5.41, 5.74) is 1.20. The van der Waals surface area contributed by atoms with Crippen LogP contribution in [0.5, 0.6) is 5.75 Å². The van der Waals surface area contributed by atoms with Gasteiger partial charge >= 0.3 is 0 Å². The van der Waals surface area contributed by atoms with Crippen LogP contribution >= 0.6 is 11.3 Å². The summed E-state index contributed by atoms with van der Waals surface area (Å²) < 4.78 is 33.1. The van der Waals surface area contributed by atoms with Crippen molar-refractivity contribution in [2.45, 2.75) is 25.5 Å². The summed E-state index contributed by atoms with van der Waals surface area (Å²) in [6.07, 6.45) is 0.668. The number of benzene rings is 2. The number of carbonyl (C=O) groups excluding carboxylic acids is 2. The second-order valence-electron chi connectivity index (χ2n) is 7.74. The van der Waals surface area contributed by atoms with Gasteiger partial charge in [0.2, 0.25) is 0 Å². The molecule has 5 nitrogen and oxygen atoms in total. The molecule has 2 atom stereocenters. The number of thiophene rings is 1. The van der Waals surface area contributed by atoms with Gasteiger partial charge in [-0.25, -0.2) is 8.78 Å². The first-order valence-corrected chi connectivity index (χ1v) is 10.8. The maximum Gasteiger partial charge on any atom is 0.300 e. The standard InChI is InChI=1S/C24H17F2NO4S/c1-12-9-14-10-13(4-7-18(14)31-12)22(28)20-21(19-3-2-8-32-19)27(24(30)23(20)29)15-5-6-16(25)17(26)11-15/h2-8,10-12,21,28H,9H2,1H3/b22-20-. The summed E-state index contributed by atoms with van der Waals surface area (Å²) in [5.74, 6) is -3.63. The lowest BCUT2D eigenvalue weighted by atomic mass is 9.98. The Bertz CT molecular complexity index is 1290. The number of Topliss-reactive ketones (excluding diaryl/α,β-unsaturated/α-hetero) is 1. The molecule has 0 saturated carbocycles. The zero-order chi connectivity index (χ0) is 22.6. The number of aliphatic hydroxyl groups excluding tert-OH is 1. The molecule has 5 rings (SSSR count).